The summed E-state index contributed by atoms with van der Waals surface area (Å²) in [6.45, 7) is 3.54. The van der Waals surface area contributed by atoms with Crippen LogP contribution < -0.4 is 5.73 Å². The normalized spacial score (nSPS) is 24.8. The Morgan fingerprint density at radius 3 is 2.76 bits per heavy atom. The lowest BCUT2D eigenvalue weighted by Crippen LogP contribution is -2.54. The lowest BCUT2D eigenvalue weighted by molar-refractivity contribution is 0.184. The Morgan fingerprint density at radius 1 is 1.53 bits per heavy atom. The van der Waals surface area contributed by atoms with Gasteiger partial charge in [-0.2, -0.15) is 11.8 Å². The van der Waals surface area contributed by atoms with Crippen molar-refractivity contribution >= 4 is 21.6 Å². The fourth-order valence-electron chi connectivity index (χ4n) is 2.24. The van der Waals surface area contributed by atoms with Crippen molar-refractivity contribution in [1.82, 2.24) is 4.90 Å². The Bertz CT molecular complexity index is 319. The van der Waals surface area contributed by atoms with Crippen molar-refractivity contribution < 1.29 is 8.42 Å². The lowest BCUT2D eigenvalue weighted by Gasteiger charge is -2.39. The Balaban J connectivity index is 2.75. The Labute approximate surface area is 109 Å². The molecule has 1 rings (SSSR count). The molecular formula is C11H24N2O2S2. The van der Waals surface area contributed by atoms with Crippen LogP contribution in [-0.2, 0) is 9.84 Å². The molecule has 0 aliphatic carbocycles. The van der Waals surface area contributed by atoms with Crippen LogP contribution in [0.2, 0.25) is 0 Å². The summed E-state index contributed by atoms with van der Waals surface area (Å²) in [4.78, 5) is 2.11. The Morgan fingerprint density at radius 2 is 2.24 bits per heavy atom. The van der Waals surface area contributed by atoms with Gasteiger partial charge in [-0.1, -0.05) is 19.8 Å². The van der Waals surface area contributed by atoms with Crippen LogP contribution in [0.5, 0.6) is 0 Å². The van der Waals surface area contributed by atoms with E-state index >= 15 is 0 Å². The zero-order valence-electron chi connectivity index (χ0n) is 10.8. The zero-order chi connectivity index (χ0) is 12.9. The summed E-state index contributed by atoms with van der Waals surface area (Å²) < 4.78 is 23.6. The lowest BCUT2D eigenvalue weighted by atomic mass is 10.1. The van der Waals surface area contributed by atoms with Crippen molar-refractivity contribution in [2.75, 3.05) is 30.9 Å². The van der Waals surface area contributed by atoms with Crippen molar-refractivity contribution in [1.29, 1.82) is 0 Å². The molecule has 0 saturated carbocycles. The van der Waals surface area contributed by atoms with Gasteiger partial charge in [0.05, 0.1) is 0 Å². The van der Waals surface area contributed by atoms with E-state index in [2.05, 4.69) is 11.8 Å². The molecule has 0 bridgehead atoms. The molecule has 0 aromatic rings. The highest BCUT2D eigenvalue weighted by Crippen LogP contribution is 2.24. The summed E-state index contributed by atoms with van der Waals surface area (Å²) >= 11 is 1.72. The minimum Gasteiger partial charge on any atom is -0.329 e. The minimum absolute atomic E-state index is 0.218. The second-order valence-electron chi connectivity index (χ2n) is 4.63. The number of hydrogen-bond acceptors (Lipinski definition) is 5. The summed E-state index contributed by atoms with van der Waals surface area (Å²) in [5, 5.41) is -0.341. The van der Waals surface area contributed by atoms with Gasteiger partial charge in [-0.15, -0.1) is 0 Å². The van der Waals surface area contributed by atoms with Gasteiger partial charge in [0.1, 0.15) is 5.37 Å². The topological polar surface area (TPSA) is 63.4 Å². The van der Waals surface area contributed by atoms with E-state index in [1.54, 1.807) is 11.8 Å². The quantitative estimate of drug-likeness (QED) is 0.784. The van der Waals surface area contributed by atoms with Crippen LogP contribution in [0.15, 0.2) is 0 Å². The second kappa shape index (κ2) is 6.97. The van der Waals surface area contributed by atoms with Crippen LogP contribution in [-0.4, -0.2) is 55.6 Å². The van der Waals surface area contributed by atoms with E-state index in [1.807, 2.05) is 0 Å². The number of rotatable bonds is 6. The third-order valence-corrected chi connectivity index (χ3v) is 5.91. The molecule has 17 heavy (non-hydrogen) atoms. The van der Waals surface area contributed by atoms with Gasteiger partial charge in [0.2, 0.25) is 0 Å². The minimum atomic E-state index is -3.01. The molecule has 0 aromatic carbocycles. The molecule has 2 unspecified atom stereocenters. The molecule has 1 aliphatic rings. The number of hydrogen-bond donors (Lipinski definition) is 1. The average molecular weight is 280 g/mol. The van der Waals surface area contributed by atoms with E-state index < -0.39 is 9.84 Å². The fraction of sp³-hybridized carbons (Fsp3) is 1.00. The summed E-state index contributed by atoms with van der Waals surface area (Å²) in [7, 11) is -3.01. The molecule has 2 N–H and O–H groups in total. The van der Waals surface area contributed by atoms with Crippen LogP contribution in [0.4, 0.5) is 0 Å². The third kappa shape index (κ3) is 4.43. The van der Waals surface area contributed by atoms with E-state index in [1.165, 1.54) is 6.26 Å². The number of nitrogens with zero attached hydrogens (tertiary/aromatic N) is 1. The van der Waals surface area contributed by atoms with Gasteiger partial charge in [-0.3, -0.25) is 4.90 Å². The maximum absolute atomic E-state index is 11.8. The molecule has 0 radical (unpaired) electrons. The molecule has 0 amide bonds. The van der Waals surface area contributed by atoms with Gasteiger partial charge in [0.15, 0.2) is 9.84 Å². The molecular weight excluding hydrogens is 256 g/mol. The van der Waals surface area contributed by atoms with Crippen molar-refractivity contribution in [3.8, 4) is 0 Å². The highest BCUT2D eigenvalue weighted by atomic mass is 32.2. The zero-order valence-corrected chi connectivity index (χ0v) is 12.4. The first-order chi connectivity index (χ1) is 8.00. The van der Waals surface area contributed by atoms with Gasteiger partial charge in [0, 0.05) is 36.9 Å². The van der Waals surface area contributed by atoms with Crippen LogP contribution >= 0.6 is 11.8 Å². The van der Waals surface area contributed by atoms with Crippen LogP contribution in [0, 0.1) is 0 Å². The van der Waals surface area contributed by atoms with E-state index in [0.29, 0.717) is 12.3 Å². The fourth-order valence-corrected chi connectivity index (χ4v) is 5.19. The summed E-state index contributed by atoms with van der Waals surface area (Å²) in [5.41, 5.74) is 5.81. The summed E-state index contributed by atoms with van der Waals surface area (Å²) in [5.74, 6) is 1.69. The molecule has 4 nitrogen and oxygen atoms in total. The molecule has 102 valence electrons. The van der Waals surface area contributed by atoms with Crippen LogP contribution in [0.3, 0.4) is 0 Å². The molecule has 2 atom stereocenters. The molecule has 1 heterocycles. The van der Waals surface area contributed by atoms with Gasteiger partial charge >= 0.3 is 0 Å². The Hall–Kier alpha value is 0.220. The van der Waals surface area contributed by atoms with Crippen LogP contribution in [0.25, 0.3) is 0 Å². The number of unbranched alkanes of at least 4 members (excludes halogenated alkanes) is 1. The predicted molar refractivity (Wildman–Crippen MR) is 75.0 cm³/mol. The van der Waals surface area contributed by atoms with Gasteiger partial charge in [0.25, 0.3) is 0 Å². The SMILES string of the molecule is CCCCC(CN)N1CCSCC1S(C)(=O)=O. The average Bonchev–Trinajstić information content (AvgIpc) is 2.29. The van der Waals surface area contributed by atoms with Gasteiger partial charge in [-0.25, -0.2) is 8.42 Å². The van der Waals surface area contributed by atoms with E-state index in [9.17, 15) is 8.42 Å². The number of sulfone groups is 1. The molecule has 0 spiro atoms. The maximum Gasteiger partial charge on any atom is 0.164 e. The number of thioether (sulfide) groups is 1. The van der Waals surface area contributed by atoms with E-state index in [4.69, 9.17) is 5.73 Å². The van der Waals surface area contributed by atoms with E-state index in [-0.39, 0.29) is 11.4 Å². The molecule has 1 fully saturated rings. The van der Waals surface area contributed by atoms with Crippen molar-refractivity contribution in [2.45, 2.75) is 37.6 Å². The van der Waals surface area contributed by atoms with Crippen molar-refractivity contribution in [2.24, 2.45) is 5.73 Å². The molecule has 6 heteroatoms. The Kier molecular flexibility index (Phi) is 6.26. The maximum atomic E-state index is 11.8. The van der Waals surface area contributed by atoms with E-state index in [0.717, 1.165) is 31.6 Å². The van der Waals surface area contributed by atoms with Gasteiger partial charge < -0.3 is 5.73 Å². The monoisotopic (exact) mass is 280 g/mol. The standard InChI is InChI=1S/C11H24N2O2S2/c1-3-4-5-10(8-12)13-6-7-16-9-11(13)17(2,14)15/h10-11H,3-9,12H2,1-2H3. The third-order valence-electron chi connectivity index (χ3n) is 3.25. The second-order valence-corrected chi connectivity index (χ2v) is 7.98. The number of nitrogens with two attached hydrogens (primary N) is 1. The molecule has 1 aliphatic heterocycles. The van der Waals surface area contributed by atoms with Crippen molar-refractivity contribution in [3.05, 3.63) is 0 Å². The highest BCUT2D eigenvalue weighted by molar-refractivity contribution is 8.00. The molecule has 0 aromatic heterocycles. The van der Waals surface area contributed by atoms with Crippen LogP contribution in [0.1, 0.15) is 26.2 Å². The van der Waals surface area contributed by atoms with Crippen molar-refractivity contribution in [3.63, 3.8) is 0 Å². The first kappa shape index (κ1) is 15.3. The molecule has 1 saturated heterocycles. The largest absolute Gasteiger partial charge is 0.329 e. The summed E-state index contributed by atoms with van der Waals surface area (Å²) in [6, 6.07) is 0.218. The first-order valence-corrected chi connectivity index (χ1v) is 9.34. The van der Waals surface area contributed by atoms with Gasteiger partial charge in [-0.05, 0) is 6.42 Å². The highest BCUT2D eigenvalue weighted by Gasteiger charge is 2.34. The first-order valence-electron chi connectivity index (χ1n) is 6.23. The predicted octanol–water partition coefficient (Wildman–Crippen LogP) is 0.923. The smallest absolute Gasteiger partial charge is 0.164 e. The summed E-state index contributed by atoms with van der Waals surface area (Å²) in [6.07, 6.45) is 4.58.